The van der Waals surface area contributed by atoms with Gasteiger partial charge in [-0.1, -0.05) is 122 Å². The Labute approximate surface area is 274 Å². The summed E-state index contributed by atoms with van der Waals surface area (Å²) >= 11 is 0. The van der Waals surface area contributed by atoms with Gasteiger partial charge in [0.05, 0.1) is 0 Å². The maximum Gasteiger partial charge on any atom is 0.407 e. The molecule has 0 radical (unpaired) electrons. The van der Waals surface area contributed by atoms with E-state index >= 15 is 0 Å². The second-order valence-electron chi connectivity index (χ2n) is 12.7. The second-order valence-corrected chi connectivity index (χ2v) is 12.7. The van der Waals surface area contributed by atoms with Crippen LogP contribution in [0, 0.1) is 5.41 Å². The molecular formula is C36H63BrN2O4. The van der Waals surface area contributed by atoms with Crippen molar-refractivity contribution in [1.82, 2.24) is 5.32 Å². The first kappa shape index (κ1) is 39.4. The Balaban J connectivity index is 0.00000924. The molecule has 7 heteroatoms. The van der Waals surface area contributed by atoms with Gasteiger partial charge in [0.1, 0.15) is 19.8 Å². The Morgan fingerprint density at radius 1 is 0.674 bits per heavy atom. The van der Waals surface area contributed by atoms with E-state index in [4.69, 9.17) is 9.47 Å². The minimum Gasteiger partial charge on any atom is -1.00 e. The van der Waals surface area contributed by atoms with Crippen LogP contribution in [0.25, 0.3) is 0 Å². The molecule has 1 aromatic heterocycles. The molecule has 0 spiro atoms. The molecule has 1 aromatic rings. The van der Waals surface area contributed by atoms with E-state index in [1.54, 1.807) is 0 Å². The number of esters is 1. The SMILES string of the molecule is CCCCCCCCCCCCCCCCCCNC(=O)OCC1(COC(=O)CCCC[n+]2ccccc2)CCCC1.[Br-]. The molecule has 1 amide bonds. The van der Waals surface area contributed by atoms with E-state index < -0.39 is 0 Å². The Hall–Kier alpha value is -1.63. The van der Waals surface area contributed by atoms with Gasteiger partial charge in [0.25, 0.3) is 0 Å². The van der Waals surface area contributed by atoms with Gasteiger partial charge in [-0.25, -0.2) is 9.36 Å². The normalized spacial score (nSPS) is 13.8. The van der Waals surface area contributed by atoms with Crippen molar-refractivity contribution < 1.29 is 40.6 Å². The van der Waals surface area contributed by atoms with Gasteiger partial charge in [-0.3, -0.25) is 4.79 Å². The Kier molecular flexibility index (Phi) is 24.5. The number of hydrogen-bond donors (Lipinski definition) is 1. The molecule has 0 aromatic carbocycles. The fourth-order valence-electron chi connectivity index (χ4n) is 6.04. The summed E-state index contributed by atoms with van der Waals surface area (Å²) in [5, 5.41) is 2.92. The standard InChI is InChI=1S/C36H62N2O4.BrH/c1-2-3-4-5-6-7-8-9-10-11-12-13-14-15-16-21-28-37-35(40)42-33-36(26-19-20-27-36)32-41-34(39)25-18-24-31-38-29-22-17-23-30-38;/h17,22-23,29-30H,2-16,18-21,24-28,31-33H2,1H3;1H. The summed E-state index contributed by atoms with van der Waals surface area (Å²) < 4.78 is 13.4. The van der Waals surface area contributed by atoms with Crippen LogP contribution >= 0.6 is 0 Å². The lowest BCUT2D eigenvalue weighted by Gasteiger charge is -2.27. The number of pyridine rings is 1. The summed E-state index contributed by atoms with van der Waals surface area (Å²) in [7, 11) is 0. The summed E-state index contributed by atoms with van der Waals surface area (Å²) in [6.07, 6.45) is 31.5. The predicted molar refractivity (Wildman–Crippen MR) is 171 cm³/mol. The van der Waals surface area contributed by atoms with Crippen molar-refractivity contribution in [2.24, 2.45) is 5.41 Å². The molecule has 0 bridgehead atoms. The van der Waals surface area contributed by atoms with E-state index in [9.17, 15) is 9.59 Å². The van der Waals surface area contributed by atoms with Gasteiger partial charge in [-0.05, 0) is 25.7 Å². The molecule has 1 fully saturated rings. The van der Waals surface area contributed by atoms with Gasteiger partial charge in [0, 0.05) is 36.9 Å². The lowest BCUT2D eigenvalue weighted by Crippen LogP contribution is -3.00. The molecule has 43 heavy (non-hydrogen) atoms. The molecule has 248 valence electrons. The molecule has 0 unspecified atom stereocenters. The third-order valence-corrected chi connectivity index (χ3v) is 8.84. The molecule has 6 nitrogen and oxygen atoms in total. The van der Waals surface area contributed by atoms with E-state index in [0.717, 1.165) is 57.9 Å². The monoisotopic (exact) mass is 666 g/mol. The first-order valence-electron chi connectivity index (χ1n) is 17.6. The van der Waals surface area contributed by atoms with Crippen LogP contribution in [-0.2, 0) is 20.8 Å². The van der Waals surface area contributed by atoms with Crippen molar-refractivity contribution in [1.29, 1.82) is 0 Å². The second kappa shape index (κ2) is 26.7. The number of aryl methyl sites for hydroxylation is 1. The third-order valence-electron chi connectivity index (χ3n) is 8.84. The summed E-state index contributed by atoms with van der Waals surface area (Å²) in [5.41, 5.74) is -0.221. The zero-order valence-corrected chi connectivity index (χ0v) is 29.0. The quantitative estimate of drug-likeness (QED) is 0.0722. The predicted octanol–water partition coefficient (Wildman–Crippen LogP) is 6.24. The van der Waals surface area contributed by atoms with Crippen LogP contribution in [0.5, 0.6) is 0 Å². The van der Waals surface area contributed by atoms with Crippen molar-refractivity contribution in [3.8, 4) is 0 Å². The van der Waals surface area contributed by atoms with Crippen molar-refractivity contribution in [2.45, 2.75) is 161 Å². The van der Waals surface area contributed by atoms with Crippen LogP contribution in [0.4, 0.5) is 4.79 Å². The Morgan fingerprint density at radius 3 is 1.74 bits per heavy atom. The number of halogens is 1. The average Bonchev–Trinajstić information content (AvgIpc) is 3.48. The fourth-order valence-corrected chi connectivity index (χ4v) is 6.04. The number of carbonyl (C=O) groups excluding carboxylic acids is 2. The third kappa shape index (κ3) is 20.9. The number of unbranched alkanes of at least 4 members (excludes halogenated alkanes) is 16. The van der Waals surface area contributed by atoms with Crippen LogP contribution in [0.2, 0.25) is 0 Å². The van der Waals surface area contributed by atoms with Crippen molar-refractivity contribution in [2.75, 3.05) is 19.8 Å². The zero-order chi connectivity index (χ0) is 30.0. The highest BCUT2D eigenvalue weighted by molar-refractivity contribution is 5.69. The summed E-state index contributed by atoms with van der Waals surface area (Å²) in [6.45, 7) is 4.53. The van der Waals surface area contributed by atoms with Gasteiger partial charge >= 0.3 is 12.1 Å². The van der Waals surface area contributed by atoms with Crippen molar-refractivity contribution in [3.05, 3.63) is 30.6 Å². The van der Waals surface area contributed by atoms with Crippen LogP contribution in [0.1, 0.15) is 155 Å². The highest BCUT2D eigenvalue weighted by Gasteiger charge is 2.37. The fraction of sp³-hybridized carbons (Fsp3) is 0.806. The number of amides is 1. The summed E-state index contributed by atoms with van der Waals surface area (Å²) in [6, 6.07) is 6.03. The minimum atomic E-state index is -0.341. The number of rotatable bonds is 26. The number of ether oxygens (including phenoxy) is 2. The lowest BCUT2D eigenvalue weighted by atomic mass is 9.88. The topological polar surface area (TPSA) is 68.5 Å². The van der Waals surface area contributed by atoms with Crippen LogP contribution in [0.3, 0.4) is 0 Å². The van der Waals surface area contributed by atoms with Crippen molar-refractivity contribution in [3.63, 3.8) is 0 Å². The van der Waals surface area contributed by atoms with Gasteiger partial charge in [-0.2, -0.15) is 0 Å². The van der Waals surface area contributed by atoms with Gasteiger partial charge in [0.2, 0.25) is 0 Å². The molecule has 0 aliphatic heterocycles. The first-order valence-corrected chi connectivity index (χ1v) is 17.6. The number of hydrogen-bond acceptors (Lipinski definition) is 4. The van der Waals surface area contributed by atoms with E-state index in [0.29, 0.717) is 26.2 Å². The highest BCUT2D eigenvalue weighted by Crippen LogP contribution is 2.38. The Bertz CT molecular complexity index is 802. The molecule has 1 aliphatic carbocycles. The van der Waals surface area contributed by atoms with Crippen LogP contribution < -0.4 is 26.9 Å². The summed E-state index contributed by atoms with van der Waals surface area (Å²) in [5.74, 6) is -0.146. The lowest BCUT2D eigenvalue weighted by molar-refractivity contribution is -0.697. The van der Waals surface area contributed by atoms with E-state index in [1.807, 2.05) is 30.6 Å². The molecular weight excluding hydrogens is 604 g/mol. The molecule has 0 atom stereocenters. The largest absolute Gasteiger partial charge is 1.00 e. The number of carbonyl (C=O) groups is 2. The van der Waals surface area contributed by atoms with E-state index in [2.05, 4.69) is 16.8 Å². The molecule has 1 N–H and O–H groups in total. The number of nitrogens with zero attached hydrogens (tertiary/aromatic N) is 1. The molecule has 2 rings (SSSR count). The molecule has 0 saturated heterocycles. The van der Waals surface area contributed by atoms with E-state index in [1.165, 1.54) is 89.9 Å². The average molecular weight is 668 g/mol. The van der Waals surface area contributed by atoms with Gasteiger partial charge in [-0.15, -0.1) is 0 Å². The van der Waals surface area contributed by atoms with Crippen LogP contribution in [0.15, 0.2) is 30.6 Å². The Morgan fingerprint density at radius 2 is 1.19 bits per heavy atom. The maximum atomic E-state index is 12.3. The zero-order valence-electron chi connectivity index (χ0n) is 27.4. The molecule has 1 saturated carbocycles. The first-order chi connectivity index (χ1) is 20.6. The highest BCUT2D eigenvalue weighted by atomic mass is 79.9. The number of aromatic nitrogens is 1. The smallest absolute Gasteiger partial charge is 0.407 e. The molecule has 1 aliphatic rings. The van der Waals surface area contributed by atoms with Crippen LogP contribution in [-0.4, -0.2) is 31.8 Å². The van der Waals surface area contributed by atoms with Gasteiger partial charge in [0.15, 0.2) is 12.4 Å². The molecule has 1 heterocycles. The minimum absolute atomic E-state index is 0. The number of nitrogens with one attached hydrogen (secondary N) is 1. The number of alkyl carbamates (subject to hydrolysis) is 1. The summed E-state index contributed by atoms with van der Waals surface area (Å²) in [4.78, 5) is 24.6. The van der Waals surface area contributed by atoms with Crippen molar-refractivity contribution >= 4 is 12.1 Å². The maximum absolute atomic E-state index is 12.3. The van der Waals surface area contributed by atoms with Gasteiger partial charge < -0.3 is 31.8 Å². The van der Waals surface area contributed by atoms with E-state index in [-0.39, 0.29) is 34.5 Å².